The maximum absolute atomic E-state index is 13.1. The lowest BCUT2D eigenvalue weighted by Crippen LogP contribution is -2.30. The Hall–Kier alpha value is -1.94. The molecule has 0 aliphatic rings. The van der Waals surface area contributed by atoms with Gasteiger partial charge in [0.05, 0.1) is 26.4 Å². The molecule has 0 aliphatic carbocycles. The number of esters is 4. The van der Waals surface area contributed by atoms with Crippen molar-refractivity contribution in [2.45, 2.75) is 426 Å². The van der Waals surface area contributed by atoms with E-state index in [0.717, 1.165) is 108 Å². The topological polar surface area (TPSA) is 237 Å². The smallest absolute Gasteiger partial charge is 0.462 e. The molecule has 0 radical (unpaired) electrons. The van der Waals surface area contributed by atoms with E-state index in [0.29, 0.717) is 31.6 Å². The summed E-state index contributed by atoms with van der Waals surface area (Å²) < 4.78 is 68.6. The summed E-state index contributed by atoms with van der Waals surface area (Å²) in [7, 11) is -9.92. The molecule has 582 valence electrons. The Kier molecular flexibility index (Phi) is 68.1. The van der Waals surface area contributed by atoms with Crippen molar-refractivity contribution in [3.8, 4) is 0 Å². The molecule has 0 saturated heterocycles. The zero-order valence-corrected chi connectivity index (χ0v) is 66.0. The average molecular weight is 1440 g/mol. The van der Waals surface area contributed by atoms with Gasteiger partial charge in [-0.1, -0.05) is 357 Å². The molecule has 0 aromatic heterocycles. The van der Waals surface area contributed by atoms with Gasteiger partial charge in [-0.25, -0.2) is 9.13 Å². The van der Waals surface area contributed by atoms with E-state index >= 15 is 0 Å². The molecule has 3 N–H and O–H groups in total. The van der Waals surface area contributed by atoms with Crippen LogP contribution in [0.5, 0.6) is 0 Å². The monoisotopic (exact) mass is 1440 g/mol. The number of ether oxygens (including phenoxy) is 4. The normalized spacial score (nSPS) is 14.3. The molecule has 0 spiro atoms. The summed E-state index contributed by atoms with van der Waals surface area (Å²) in [4.78, 5) is 72.9. The van der Waals surface area contributed by atoms with Crippen LogP contribution in [-0.2, 0) is 65.4 Å². The van der Waals surface area contributed by atoms with Gasteiger partial charge in [-0.3, -0.25) is 37.3 Å². The Bertz CT molecular complexity index is 1910. The molecule has 0 aromatic carbocycles. The molecule has 0 heterocycles. The van der Waals surface area contributed by atoms with E-state index in [-0.39, 0.29) is 25.7 Å². The summed E-state index contributed by atoms with van der Waals surface area (Å²) >= 11 is 0. The fraction of sp³-hybridized carbons (Fsp3) is 0.949. The van der Waals surface area contributed by atoms with Crippen LogP contribution in [0.3, 0.4) is 0 Å². The van der Waals surface area contributed by atoms with E-state index in [1.54, 1.807) is 0 Å². The van der Waals surface area contributed by atoms with Crippen LogP contribution in [0.2, 0.25) is 0 Å². The highest BCUT2D eigenvalue weighted by atomic mass is 31.2. The minimum atomic E-state index is -4.96. The van der Waals surface area contributed by atoms with Gasteiger partial charge < -0.3 is 33.8 Å². The molecule has 6 atom stereocenters. The Morgan fingerprint density at radius 1 is 0.296 bits per heavy atom. The molecule has 98 heavy (non-hydrogen) atoms. The van der Waals surface area contributed by atoms with E-state index in [9.17, 15) is 43.2 Å². The zero-order valence-electron chi connectivity index (χ0n) is 64.3. The molecule has 0 aromatic rings. The number of unbranched alkanes of at least 4 members (excludes halogenated alkanes) is 44. The van der Waals surface area contributed by atoms with Gasteiger partial charge in [-0.2, -0.15) is 0 Å². The second kappa shape index (κ2) is 69.4. The Labute approximate surface area is 600 Å². The highest BCUT2D eigenvalue weighted by molar-refractivity contribution is 7.47. The van der Waals surface area contributed by atoms with Gasteiger partial charge in [-0.05, 0) is 43.4 Å². The fourth-order valence-electron chi connectivity index (χ4n) is 12.1. The number of rotatable bonds is 77. The summed E-state index contributed by atoms with van der Waals surface area (Å²) in [5.74, 6) is 0.187. The molecule has 0 bridgehead atoms. The summed E-state index contributed by atoms with van der Waals surface area (Å²) in [5, 5.41) is 10.6. The second-order valence-corrected chi connectivity index (χ2v) is 32.6. The minimum Gasteiger partial charge on any atom is -0.462 e. The SMILES string of the molecule is CCCCCCCCCCCCCCCCCCC(=O)OC[C@H](COP(=O)(O)OC[C@@H](O)COP(=O)(O)OC[C@@H](COC(=O)CCCCCCCCC(C)C)OC(=O)CCCCCCCCCCCCCCC(C)C)OC(=O)CCCCCCCCCCCCCCCCC(C)CC. The molecule has 17 nitrogen and oxygen atoms in total. The largest absolute Gasteiger partial charge is 0.472 e. The number of carbonyl (C=O) groups is 4. The predicted octanol–water partition coefficient (Wildman–Crippen LogP) is 23.4. The first kappa shape index (κ1) is 96.1. The van der Waals surface area contributed by atoms with Crippen molar-refractivity contribution in [2.24, 2.45) is 17.8 Å². The standard InChI is InChI=1S/C79H154O17P2/c1-8-10-11-12-13-14-15-16-17-18-22-28-33-38-46-53-60-76(81)89-66-74(95-78(83)62-55-48-39-34-29-23-20-19-21-27-32-37-45-52-59-72(7)9-2)68-93-97(85,86)91-64-73(80)65-92-98(87,88)94-69-75(67-90-77(82)61-54-47-42-41-44-51-58-71(5)6)96-79(84)63-56-49-40-35-30-25-24-26-31-36-43-50-57-70(3)4/h70-75,80H,8-69H2,1-7H3,(H,85,86)(H,87,88)/t72?,73-,74-,75-/m1/s1. The number of aliphatic hydroxyl groups excluding tert-OH is 1. The predicted molar refractivity (Wildman–Crippen MR) is 400 cm³/mol. The highest BCUT2D eigenvalue weighted by Crippen LogP contribution is 2.45. The first-order valence-electron chi connectivity index (χ1n) is 40.9. The molecule has 0 amide bonds. The molecule has 0 aliphatic heterocycles. The first-order valence-corrected chi connectivity index (χ1v) is 43.9. The van der Waals surface area contributed by atoms with Crippen LogP contribution in [0, 0.1) is 17.8 Å². The quantitative estimate of drug-likeness (QED) is 0.0222. The van der Waals surface area contributed by atoms with Crippen molar-refractivity contribution in [3.05, 3.63) is 0 Å². The van der Waals surface area contributed by atoms with Crippen LogP contribution in [-0.4, -0.2) is 96.7 Å². The summed E-state index contributed by atoms with van der Waals surface area (Å²) in [5.41, 5.74) is 0. The van der Waals surface area contributed by atoms with Gasteiger partial charge >= 0.3 is 39.5 Å². The van der Waals surface area contributed by atoms with Gasteiger partial charge in [0, 0.05) is 25.7 Å². The Morgan fingerprint density at radius 3 is 0.776 bits per heavy atom. The van der Waals surface area contributed by atoms with Crippen LogP contribution in [0.4, 0.5) is 0 Å². The van der Waals surface area contributed by atoms with Crippen LogP contribution in [0.1, 0.15) is 408 Å². The number of aliphatic hydroxyl groups is 1. The Morgan fingerprint density at radius 2 is 0.520 bits per heavy atom. The van der Waals surface area contributed by atoms with Crippen molar-refractivity contribution in [3.63, 3.8) is 0 Å². The van der Waals surface area contributed by atoms with E-state index in [4.69, 9.17) is 37.0 Å². The van der Waals surface area contributed by atoms with E-state index in [1.165, 1.54) is 212 Å². The van der Waals surface area contributed by atoms with Crippen LogP contribution in [0.25, 0.3) is 0 Å². The van der Waals surface area contributed by atoms with Gasteiger partial charge in [0.1, 0.15) is 19.3 Å². The number of hydrogen-bond donors (Lipinski definition) is 3. The molecular weight excluding hydrogens is 1280 g/mol. The molecule has 3 unspecified atom stereocenters. The van der Waals surface area contributed by atoms with Gasteiger partial charge in [0.2, 0.25) is 0 Å². The van der Waals surface area contributed by atoms with E-state index in [2.05, 4.69) is 48.5 Å². The minimum absolute atomic E-state index is 0.106. The van der Waals surface area contributed by atoms with Crippen molar-refractivity contribution in [1.82, 2.24) is 0 Å². The molecule has 0 saturated carbocycles. The summed E-state index contributed by atoms with van der Waals surface area (Å²) in [6, 6.07) is 0. The lowest BCUT2D eigenvalue weighted by Gasteiger charge is -2.21. The number of carbonyl (C=O) groups excluding carboxylic acids is 4. The van der Waals surface area contributed by atoms with Crippen LogP contribution < -0.4 is 0 Å². The van der Waals surface area contributed by atoms with Crippen molar-refractivity contribution in [2.75, 3.05) is 39.6 Å². The summed E-state index contributed by atoms with van der Waals surface area (Å²) in [6.45, 7) is 11.9. The number of phosphoric ester groups is 2. The van der Waals surface area contributed by atoms with Crippen molar-refractivity contribution in [1.29, 1.82) is 0 Å². The third-order valence-electron chi connectivity index (χ3n) is 18.7. The lowest BCUT2D eigenvalue weighted by atomic mass is 9.99. The molecule has 19 heteroatoms. The highest BCUT2D eigenvalue weighted by Gasteiger charge is 2.30. The fourth-order valence-corrected chi connectivity index (χ4v) is 13.7. The third kappa shape index (κ3) is 71.1. The van der Waals surface area contributed by atoms with E-state index in [1.807, 2.05) is 0 Å². The van der Waals surface area contributed by atoms with Gasteiger partial charge in [0.15, 0.2) is 12.2 Å². The number of hydrogen-bond acceptors (Lipinski definition) is 15. The van der Waals surface area contributed by atoms with Crippen LogP contribution >= 0.6 is 15.6 Å². The van der Waals surface area contributed by atoms with Gasteiger partial charge in [-0.15, -0.1) is 0 Å². The van der Waals surface area contributed by atoms with Crippen molar-refractivity contribution < 1.29 is 80.2 Å². The van der Waals surface area contributed by atoms with Crippen LogP contribution in [0.15, 0.2) is 0 Å². The maximum Gasteiger partial charge on any atom is 0.472 e. The molecule has 0 rings (SSSR count). The molecular formula is C79H154O17P2. The van der Waals surface area contributed by atoms with Crippen molar-refractivity contribution >= 4 is 39.5 Å². The van der Waals surface area contributed by atoms with Gasteiger partial charge in [0.25, 0.3) is 0 Å². The lowest BCUT2D eigenvalue weighted by molar-refractivity contribution is -0.161. The van der Waals surface area contributed by atoms with E-state index < -0.39 is 97.5 Å². The number of phosphoric acid groups is 2. The molecule has 0 fully saturated rings. The summed E-state index contributed by atoms with van der Waals surface area (Å²) in [6.07, 6.45) is 56.9. The third-order valence-corrected chi connectivity index (χ3v) is 20.6. The Balaban J connectivity index is 5.24. The zero-order chi connectivity index (χ0) is 72.3. The maximum atomic E-state index is 13.1. The second-order valence-electron chi connectivity index (χ2n) is 29.6. The first-order chi connectivity index (χ1) is 47.3. The average Bonchev–Trinajstić information content (AvgIpc) is 1.32.